The molecule has 5 rings (SSSR count). The van der Waals surface area contributed by atoms with E-state index in [1.54, 1.807) is 14.2 Å². The lowest BCUT2D eigenvalue weighted by Crippen LogP contribution is -2.13. The van der Waals surface area contributed by atoms with Crippen molar-refractivity contribution in [2.75, 3.05) is 14.2 Å². The third-order valence-corrected chi connectivity index (χ3v) is 7.24. The molecule has 1 atom stereocenters. The first-order valence-corrected chi connectivity index (χ1v) is 11.8. The Hall–Kier alpha value is -3.28. The van der Waals surface area contributed by atoms with Crippen molar-refractivity contribution in [2.45, 2.75) is 44.2 Å². The van der Waals surface area contributed by atoms with E-state index in [4.69, 9.17) is 9.47 Å². The number of halogens is 4. The van der Waals surface area contributed by atoms with Crippen LogP contribution >= 0.6 is 0 Å². The zero-order chi connectivity index (χ0) is 24.7. The van der Waals surface area contributed by atoms with Crippen molar-refractivity contribution in [3.63, 3.8) is 0 Å². The van der Waals surface area contributed by atoms with Gasteiger partial charge in [0.15, 0.2) is 0 Å². The van der Waals surface area contributed by atoms with Gasteiger partial charge in [0.25, 0.3) is 0 Å². The second-order valence-electron chi connectivity index (χ2n) is 9.09. The summed E-state index contributed by atoms with van der Waals surface area (Å²) in [6, 6.07) is 15.8. The molecule has 1 aliphatic carbocycles. The summed E-state index contributed by atoms with van der Waals surface area (Å²) < 4.78 is 65.3. The molecule has 0 saturated heterocycles. The van der Waals surface area contributed by atoms with Crippen LogP contribution in [-0.2, 0) is 19.0 Å². The maximum atomic E-state index is 14.6. The van der Waals surface area contributed by atoms with Gasteiger partial charge in [-0.3, -0.25) is 0 Å². The van der Waals surface area contributed by atoms with E-state index < -0.39 is 17.6 Å². The fraction of sp³-hybridized carbons (Fsp3) is 0.310. The normalized spacial score (nSPS) is 15.9. The Morgan fingerprint density at radius 1 is 0.886 bits per heavy atom. The number of benzene rings is 4. The largest absolute Gasteiger partial charge is 0.496 e. The summed E-state index contributed by atoms with van der Waals surface area (Å²) in [7, 11) is 3.29. The Labute approximate surface area is 201 Å². The second-order valence-corrected chi connectivity index (χ2v) is 9.09. The molecule has 0 amide bonds. The van der Waals surface area contributed by atoms with E-state index in [1.165, 1.54) is 23.3 Å². The smallest absolute Gasteiger partial charge is 0.419 e. The maximum Gasteiger partial charge on any atom is 0.419 e. The highest BCUT2D eigenvalue weighted by Crippen LogP contribution is 2.44. The summed E-state index contributed by atoms with van der Waals surface area (Å²) in [6.07, 6.45) is -1.02. The van der Waals surface area contributed by atoms with Gasteiger partial charge in [0.05, 0.1) is 25.2 Å². The number of methoxy groups -OCH3 is 2. The lowest BCUT2D eigenvalue weighted by molar-refractivity contribution is -0.140. The molecule has 4 aromatic rings. The lowest BCUT2D eigenvalue weighted by atomic mass is 9.77. The van der Waals surface area contributed by atoms with Crippen molar-refractivity contribution < 1.29 is 27.0 Å². The predicted molar refractivity (Wildman–Crippen MR) is 130 cm³/mol. The van der Waals surface area contributed by atoms with Crippen LogP contribution in [-0.4, -0.2) is 14.2 Å². The van der Waals surface area contributed by atoms with Gasteiger partial charge in [-0.05, 0) is 89.1 Å². The van der Waals surface area contributed by atoms with E-state index in [0.29, 0.717) is 6.42 Å². The molecule has 0 radical (unpaired) electrons. The molecule has 0 saturated carbocycles. The highest BCUT2D eigenvalue weighted by Gasteiger charge is 2.35. The zero-order valence-electron chi connectivity index (χ0n) is 19.6. The highest BCUT2D eigenvalue weighted by atomic mass is 19.4. The maximum absolute atomic E-state index is 14.6. The van der Waals surface area contributed by atoms with Crippen molar-refractivity contribution in [2.24, 2.45) is 0 Å². The first kappa shape index (κ1) is 23.5. The molecule has 0 heterocycles. The summed E-state index contributed by atoms with van der Waals surface area (Å²) in [6.45, 7) is 0. The fourth-order valence-corrected chi connectivity index (χ4v) is 5.59. The number of alkyl halides is 3. The number of aryl methyl sites for hydroxylation is 2. The van der Waals surface area contributed by atoms with Crippen molar-refractivity contribution in [1.82, 2.24) is 0 Å². The summed E-state index contributed by atoms with van der Waals surface area (Å²) in [5.41, 5.74) is 1.36. The number of ether oxygens (including phenoxy) is 2. The van der Waals surface area contributed by atoms with Gasteiger partial charge < -0.3 is 9.47 Å². The van der Waals surface area contributed by atoms with E-state index in [0.717, 1.165) is 58.4 Å². The molecule has 6 heteroatoms. The van der Waals surface area contributed by atoms with Crippen LogP contribution in [0.3, 0.4) is 0 Å². The number of rotatable bonds is 5. The Morgan fingerprint density at radius 2 is 1.66 bits per heavy atom. The second kappa shape index (κ2) is 9.06. The fourth-order valence-electron chi connectivity index (χ4n) is 5.59. The number of fused-ring (bicyclic) bond motifs is 5. The Balaban J connectivity index is 1.54. The van der Waals surface area contributed by atoms with Gasteiger partial charge in [-0.25, -0.2) is 4.39 Å². The first-order valence-electron chi connectivity index (χ1n) is 11.8. The van der Waals surface area contributed by atoms with Crippen molar-refractivity contribution >= 4 is 21.5 Å². The minimum atomic E-state index is -4.69. The molecule has 2 nitrogen and oxygen atoms in total. The van der Waals surface area contributed by atoms with Crippen LogP contribution in [0.5, 0.6) is 11.5 Å². The topological polar surface area (TPSA) is 18.5 Å². The molecular weight excluding hydrogens is 456 g/mol. The average Bonchev–Trinajstić information content (AvgIpc) is 2.86. The Kier molecular flexibility index (Phi) is 6.07. The van der Waals surface area contributed by atoms with Crippen molar-refractivity contribution in [1.29, 1.82) is 0 Å². The first-order chi connectivity index (χ1) is 16.8. The average molecular weight is 483 g/mol. The van der Waals surface area contributed by atoms with Crippen molar-refractivity contribution in [3.8, 4) is 11.5 Å². The van der Waals surface area contributed by atoms with E-state index >= 15 is 0 Å². The number of hydrogen-bond donors (Lipinski definition) is 0. The standard InChI is InChI=1S/C29H26F4O2/c1-34-25-11-5-9-22-21-15-14-19-17(6-3-8-20(19)23(21)16-26(35-2)27(22)25)12-13-18-7-4-10-24(28(18)30)29(31,32)33/h4-5,7,9-11,14-17H,3,6,8,12-13H2,1-2H3. The number of hydrogen-bond acceptors (Lipinski definition) is 2. The third-order valence-electron chi connectivity index (χ3n) is 7.24. The van der Waals surface area contributed by atoms with E-state index in [9.17, 15) is 17.6 Å². The molecule has 4 aromatic carbocycles. The van der Waals surface area contributed by atoms with Crippen LogP contribution in [0.15, 0.2) is 54.6 Å². The van der Waals surface area contributed by atoms with Crippen LogP contribution in [0, 0.1) is 5.82 Å². The van der Waals surface area contributed by atoms with Crippen LogP contribution < -0.4 is 9.47 Å². The van der Waals surface area contributed by atoms with Crippen LogP contribution in [0.25, 0.3) is 21.5 Å². The molecule has 182 valence electrons. The van der Waals surface area contributed by atoms with E-state index in [1.807, 2.05) is 12.1 Å². The molecule has 1 aliphatic rings. The molecule has 0 fully saturated rings. The van der Waals surface area contributed by atoms with Crippen molar-refractivity contribution in [3.05, 3.63) is 82.7 Å². The van der Waals surface area contributed by atoms with Crippen LogP contribution in [0.1, 0.15) is 47.4 Å². The van der Waals surface area contributed by atoms with E-state index in [-0.39, 0.29) is 17.9 Å². The minimum absolute atomic E-state index is 0.118. The van der Waals surface area contributed by atoms with Gasteiger partial charge in [0.1, 0.15) is 17.3 Å². The molecule has 0 aliphatic heterocycles. The lowest BCUT2D eigenvalue weighted by Gasteiger charge is -2.28. The van der Waals surface area contributed by atoms with Gasteiger partial charge in [0, 0.05) is 0 Å². The van der Waals surface area contributed by atoms with Gasteiger partial charge in [-0.15, -0.1) is 0 Å². The molecular formula is C29H26F4O2. The SMILES string of the molecule is COc1cccc2c1c(OC)cc1c3c(ccc12)C(CCc1cccc(C(F)(F)F)c1F)CCC3. The van der Waals surface area contributed by atoms with Gasteiger partial charge in [-0.1, -0.05) is 36.4 Å². The molecule has 0 bridgehead atoms. The zero-order valence-corrected chi connectivity index (χ0v) is 19.6. The Bertz CT molecular complexity index is 1410. The monoisotopic (exact) mass is 482 g/mol. The summed E-state index contributed by atoms with van der Waals surface area (Å²) in [5, 5.41) is 4.21. The Morgan fingerprint density at radius 3 is 2.40 bits per heavy atom. The molecule has 35 heavy (non-hydrogen) atoms. The summed E-state index contributed by atoms with van der Waals surface area (Å²) >= 11 is 0. The third kappa shape index (κ3) is 4.09. The van der Waals surface area contributed by atoms with Crippen LogP contribution in [0.4, 0.5) is 17.6 Å². The molecule has 1 unspecified atom stereocenters. The van der Waals surface area contributed by atoms with Gasteiger partial charge in [-0.2, -0.15) is 13.2 Å². The minimum Gasteiger partial charge on any atom is -0.496 e. The quantitative estimate of drug-likeness (QED) is 0.211. The summed E-state index contributed by atoms with van der Waals surface area (Å²) in [5.74, 6) is 0.496. The van der Waals surface area contributed by atoms with Crippen LogP contribution in [0.2, 0.25) is 0 Å². The molecule has 0 N–H and O–H groups in total. The van der Waals surface area contributed by atoms with Gasteiger partial charge >= 0.3 is 6.18 Å². The van der Waals surface area contributed by atoms with E-state index in [2.05, 4.69) is 24.3 Å². The summed E-state index contributed by atoms with van der Waals surface area (Å²) in [4.78, 5) is 0. The molecule has 0 spiro atoms. The molecule has 0 aromatic heterocycles. The highest BCUT2D eigenvalue weighted by molar-refractivity contribution is 6.13. The predicted octanol–water partition coefficient (Wildman–Crippen LogP) is 8.22. The van der Waals surface area contributed by atoms with Gasteiger partial charge in [0.2, 0.25) is 0 Å².